The van der Waals surface area contributed by atoms with Crippen molar-refractivity contribution in [1.29, 1.82) is 0 Å². The maximum absolute atomic E-state index is 12.0. The zero-order valence-electron chi connectivity index (χ0n) is 12.1. The minimum absolute atomic E-state index is 0.0221. The second-order valence-electron chi connectivity index (χ2n) is 4.40. The van der Waals surface area contributed by atoms with E-state index in [1.54, 1.807) is 12.1 Å². The number of nitrogen functional groups attached to an aromatic ring is 2. The summed E-state index contributed by atoms with van der Waals surface area (Å²) in [6.07, 6.45) is -0.242. The van der Waals surface area contributed by atoms with Crippen molar-refractivity contribution in [3.8, 4) is 5.75 Å². The van der Waals surface area contributed by atoms with Crippen LogP contribution >= 0.6 is 0 Å². The highest BCUT2D eigenvalue weighted by atomic mass is 16.6. The molecule has 0 bridgehead atoms. The number of carbonyl (C=O) groups excluding carboxylic acids is 1. The molecule has 0 aliphatic heterocycles. The molecule has 0 aliphatic carbocycles. The number of aromatic nitrogens is 3. The zero-order chi connectivity index (χ0) is 15.9. The molecule has 1 atom stereocenters. The molecule has 1 aromatic carbocycles. The summed E-state index contributed by atoms with van der Waals surface area (Å²) in [6.45, 7) is 1.68. The Morgan fingerprint density at radius 1 is 1.14 bits per heavy atom. The first kappa shape index (κ1) is 15.5. The van der Waals surface area contributed by atoms with E-state index in [9.17, 15) is 4.79 Å². The number of benzene rings is 1. The molecule has 116 valence electrons. The monoisotopic (exact) mass is 303 g/mol. The summed E-state index contributed by atoms with van der Waals surface area (Å²) >= 11 is 0. The van der Waals surface area contributed by atoms with Crippen LogP contribution in [0.2, 0.25) is 0 Å². The van der Waals surface area contributed by atoms with E-state index in [1.165, 1.54) is 0 Å². The first-order valence-electron chi connectivity index (χ1n) is 6.72. The molecule has 0 amide bonds. The normalized spacial score (nSPS) is 11.7. The summed E-state index contributed by atoms with van der Waals surface area (Å²) in [5.41, 5.74) is 10.9. The second-order valence-corrected chi connectivity index (χ2v) is 4.40. The fourth-order valence-corrected chi connectivity index (χ4v) is 1.71. The molecule has 8 heteroatoms. The van der Waals surface area contributed by atoms with Crippen molar-refractivity contribution in [2.24, 2.45) is 0 Å². The average Bonchev–Trinajstić information content (AvgIpc) is 2.50. The summed E-state index contributed by atoms with van der Waals surface area (Å²) in [7, 11) is 0. The summed E-state index contributed by atoms with van der Waals surface area (Å²) in [5.74, 6) is 0.231. The molecule has 0 aliphatic rings. The highest BCUT2D eigenvalue weighted by Gasteiger charge is 2.20. The fourth-order valence-electron chi connectivity index (χ4n) is 1.71. The largest absolute Gasteiger partial charge is 0.479 e. The molecule has 8 nitrogen and oxygen atoms in total. The van der Waals surface area contributed by atoms with Crippen molar-refractivity contribution in [1.82, 2.24) is 15.0 Å². The molecule has 1 heterocycles. The van der Waals surface area contributed by atoms with Crippen molar-refractivity contribution in [2.45, 2.75) is 26.1 Å². The molecule has 0 unspecified atom stereocenters. The summed E-state index contributed by atoms with van der Waals surface area (Å²) in [5, 5.41) is 0. The molecule has 0 radical (unpaired) electrons. The van der Waals surface area contributed by atoms with Crippen molar-refractivity contribution in [2.75, 3.05) is 11.5 Å². The number of esters is 1. The van der Waals surface area contributed by atoms with Crippen molar-refractivity contribution in [3.63, 3.8) is 0 Å². The van der Waals surface area contributed by atoms with E-state index in [4.69, 9.17) is 20.9 Å². The molecule has 0 saturated heterocycles. The van der Waals surface area contributed by atoms with E-state index < -0.39 is 12.1 Å². The van der Waals surface area contributed by atoms with Crippen molar-refractivity contribution < 1.29 is 14.3 Å². The van der Waals surface area contributed by atoms with E-state index in [0.29, 0.717) is 12.2 Å². The van der Waals surface area contributed by atoms with Gasteiger partial charge in [0, 0.05) is 0 Å². The van der Waals surface area contributed by atoms with Gasteiger partial charge in [-0.05, 0) is 18.6 Å². The van der Waals surface area contributed by atoms with Crippen LogP contribution in [0.1, 0.15) is 19.2 Å². The lowest BCUT2D eigenvalue weighted by Crippen LogP contribution is -2.29. The Hall–Kier alpha value is -2.90. The number of nitrogens with two attached hydrogens (primary N) is 2. The Balaban J connectivity index is 1.94. The van der Waals surface area contributed by atoms with Gasteiger partial charge in [0.1, 0.15) is 5.75 Å². The molecular formula is C14H17N5O3. The highest BCUT2D eigenvalue weighted by Crippen LogP contribution is 2.13. The number of hydrogen-bond donors (Lipinski definition) is 2. The molecule has 4 N–H and O–H groups in total. The van der Waals surface area contributed by atoms with E-state index in [1.807, 2.05) is 25.1 Å². The third kappa shape index (κ3) is 4.30. The van der Waals surface area contributed by atoms with E-state index in [-0.39, 0.29) is 24.3 Å². The molecular weight excluding hydrogens is 286 g/mol. The van der Waals surface area contributed by atoms with Crippen LogP contribution in [0.3, 0.4) is 0 Å². The molecule has 1 aromatic heterocycles. The smallest absolute Gasteiger partial charge is 0.347 e. The molecule has 2 rings (SSSR count). The summed E-state index contributed by atoms with van der Waals surface area (Å²) in [6, 6.07) is 9.04. The van der Waals surface area contributed by atoms with Crippen LogP contribution in [0.5, 0.6) is 5.75 Å². The Labute approximate surface area is 127 Å². The minimum Gasteiger partial charge on any atom is -0.479 e. The van der Waals surface area contributed by atoms with Crippen LogP contribution in [-0.2, 0) is 16.1 Å². The van der Waals surface area contributed by atoms with Gasteiger partial charge in [-0.25, -0.2) is 4.79 Å². The van der Waals surface area contributed by atoms with Gasteiger partial charge in [0.2, 0.25) is 11.9 Å². The van der Waals surface area contributed by atoms with Crippen LogP contribution in [0.25, 0.3) is 0 Å². The minimum atomic E-state index is -0.709. The van der Waals surface area contributed by atoms with Gasteiger partial charge < -0.3 is 20.9 Å². The van der Waals surface area contributed by atoms with E-state index in [2.05, 4.69) is 15.0 Å². The van der Waals surface area contributed by atoms with Crippen LogP contribution in [0.4, 0.5) is 11.9 Å². The van der Waals surface area contributed by atoms with Gasteiger partial charge in [0.25, 0.3) is 0 Å². The lowest BCUT2D eigenvalue weighted by Gasteiger charge is -2.16. The molecule has 0 fully saturated rings. The third-order valence-electron chi connectivity index (χ3n) is 2.72. The number of carbonyl (C=O) groups is 1. The molecule has 22 heavy (non-hydrogen) atoms. The van der Waals surface area contributed by atoms with Gasteiger partial charge in [0.15, 0.2) is 18.5 Å². The molecule has 2 aromatic rings. The predicted octanol–water partition coefficient (Wildman–Crippen LogP) is 0.937. The van der Waals surface area contributed by atoms with Crippen molar-refractivity contribution in [3.05, 3.63) is 36.2 Å². The first-order valence-corrected chi connectivity index (χ1v) is 6.72. The van der Waals surface area contributed by atoms with E-state index in [0.717, 1.165) is 0 Å². The summed E-state index contributed by atoms with van der Waals surface area (Å²) in [4.78, 5) is 23.3. The van der Waals surface area contributed by atoms with Gasteiger partial charge in [-0.15, -0.1) is 0 Å². The quantitative estimate of drug-likeness (QED) is 0.755. The highest BCUT2D eigenvalue weighted by molar-refractivity contribution is 5.75. The Morgan fingerprint density at radius 3 is 2.36 bits per heavy atom. The number of nitrogens with zero attached hydrogens (tertiary/aromatic N) is 3. The lowest BCUT2D eigenvalue weighted by atomic mass is 10.2. The fraction of sp³-hybridized carbons (Fsp3) is 0.286. The van der Waals surface area contributed by atoms with Crippen LogP contribution in [0.15, 0.2) is 30.3 Å². The topological polar surface area (TPSA) is 126 Å². The van der Waals surface area contributed by atoms with Gasteiger partial charge in [0.05, 0.1) is 0 Å². The Morgan fingerprint density at radius 2 is 1.77 bits per heavy atom. The number of ether oxygens (including phenoxy) is 2. The molecule has 0 saturated carbocycles. The number of para-hydroxylation sites is 1. The summed E-state index contributed by atoms with van der Waals surface area (Å²) < 4.78 is 10.7. The Bertz CT molecular complexity index is 615. The van der Waals surface area contributed by atoms with E-state index >= 15 is 0 Å². The van der Waals surface area contributed by atoms with Gasteiger partial charge in [-0.1, -0.05) is 25.1 Å². The standard InChI is InChI=1S/C14H17N5O3/c1-2-10(22-9-6-4-3-5-7-9)12(20)21-8-11-17-13(15)19-14(16)18-11/h3-7,10H,2,8H2,1H3,(H4,15,16,17,18,19)/t10-/m0/s1. The van der Waals surface area contributed by atoms with Gasteiger partial charge in [-0.2, -0.15) is 15.0 Å². The SMILES string of the molecule is CC[C@H](Oc1ccccc1)C(=O)OCc1nc(N)nc(N)n1. The number of anilines is 2. The third-order valence-corrected chi connectivity index (χ3v) is 2.72. The zero-order valence-corrected chi connectivity index (χ0v) is 12.1. The number of rotatable bonds is 6. The van der Waals surface area contributed by atoms with Crippen LogP contribution in [0, 0.1) is 0 Å². The maximum Gasteiger partial charge on any atom is 0.347 e. The lowest BCUT2D eigenvalue weighted by molar-refractivity contribution is -0.153. The molecule has 0 spiro atoms. The maximum atomic E-state index is 12.0. The van der Waals surface area contributed by atoms with Gasteiger partial charge in [-0.3, -0.25) is 0 Å². The average molecular weight is 303 g/mol. The Kier molecular flexibility index (Phi) is 5.07. The number of hydrogen-bond acceptors (Lipinski definition) is 8. The first-order chi connectivity index (χ1) is 10.6. The van der Waals surface area contributed by atoms with Gasteiger partial charge >= 0.3 is 5.97 Å². The predicted molar refractivity (Wildman–Crippen MR) is 79.6 cm³/mol. The van der Waals surface area contributed by atoms with Crippen LogP contribution in [-0.4, -0.2) is 27.0 Å². The van der Waals surface area contributed by atoms with Crippen LogP contribution < -0.4 is 16.2 Å². The second kappa shape index (κ2) is 7.21. The van der Waals surface area contributed by atoms with Crippen molar-refractivity contribution >= 4 is 17.9 Å².